The lowest BCUT2D eigenvalue weighted by atomic mass is 9.83. The summed E-state index contributed by atoms with van der Waals surface area (Å²) in [5.41, 5.74) is 0.442. The molecule has 4 heteroatoms. The van der Waals surface area contributed by atoms with E-state index in [1.165, 1.54) is 12.8 Å². The van der Waals surface area contributed by atoms with Crippen LogP contribution in [-0.2, 0) is 4.79 Å². The standard InChI is InChI=1S/C10H21BINO/c1-3-6-9(10(14)11-12)7-4-5-8-13-2/h9,11,13H,3-8H2,1-2H3/t9-/m0/s1. The van der Waals surface area contributed by atoms with Crippen molar-refractivity contribution in [3.05, 3.63) is 0 Å². The summed E-state index contributed by atoms with van der Waals surface area (Å²) in [5, 5.41) is 3.81. The first-order valence-electron chi connectivity index (χ1n) is 5.49. The average Bonchev–Trinajstić information content (AvgIpc) is 2.21. The fourth-order valence-corrected chi connectivity index (χ4v) is 2.24. The Morgan fingerprint density at radius 1 is 1.43 bits per heavy atom. The Labute approximate surface area is 102 Å². The molecule has 1 N–H and O–H groups in total. The lowest BCUT2D eigenvalue weighted by Gasteiger charge is -2.13. The van der Waals surface area contributed by atoms with E-state index in [9.17, 15) is 4.79 Å². The average molecular weight is 309 g/mol. The zero-order valence-corrected chi connectivity index (χ0v) is 11.5. The van der Waals surface area contributed by atoms with Gasteiger partial charge in [0.05, 0.1) is 0 Å². The maximum Gasteiger partial charge on any atom is 0.279 e. The van der Waals surface area contributed by atoms with Crippen LogP contribution < -0.4 is 5.32 Å². The van der Waals surface area contributed by atoms with Crippen LogP contribution in [0.5, 0.6) is 0 Å². The molecule has 2 nitrogen and oxygen atoms in total. The lowest BCUT2D eigenvalue weighted by Crippen LogP contribution is -2.18. The molecule has 1 atom stereocenters. The summed E-state index contributed by atoms with van der Waals surface area (Å²) in [6.07, 6.45) is 5.64. The van der Waals surface area contributed by atoms with Gasteiger partial charge in [-0.1, -0.05) is 19.8 Å². The first kappa shape index (κ1) is 14.4. The highest BCUT2D eigenvalue weighted by Gasteiger charge is 2.15. The van der Waals surface area contributed by atoms with Crippen LogP contribution in [0.15, 0.2) is 0 Å². The van der Waals surface area contributed by atoms with Gasteiger partial charge in [0, 0.05) is 5.92 Å². The molecule has 0 fully saturated rings. The first-order valence-corrected chi connectivity index (χ1v) is 7.02. The van der Waals surface area contributed by atoms with Gasteiger partial charge < -0.3 is 10.1 Å². The molecule has 0 aromatic heterocycles. The van der Waals surface area contributed by atoms with Crippen LogP contribution in [0, 0.1) is 5.92 Å². The highest BCUT2D eigenvalue weighted by atomic mass is 127. The van der Waals surface area contributed by atoms with Gasteiger partial charge in [-0.25, -0.2) is 0 Å². The fourth-order valence-electron chi connectivity index (χ4n) is 1.62. The number of hydrogen-bond acceptors (Lipinski definition) is 2. The van der Waals surface area contributed by atoms with Gasteiger partial charge in [0.25, 0.3) is 5.14 Å². The first-order chi connectivity index (χ1) is 6.76. The van der Waals surface area contributed by atoms with Crippen molar-refractivity contribution >= 4 is 33.2 Å². The van der Waals surface area contributed by atoms with Gasteiger partial charge in [0.1, 0.15) is 5.68 Å². The summed E-state index contributed by atoms with van der Waals surface area (Å²) in [6, 6.07) is 0. The molecule has 0 heterocycles. The Morgan fingerprint density at radius 3 is 2.64 bits per heavy atom. The Kier molecular flexibility index (Phi) is 10.3. The number of halogens is 1. The topological polar surface area (TPSA) is 29.1 Å². The molecule has 82 valence electrons. The molecule has 0 radical (unpaired) electrons. The summed E-state index contributed by atoms with van der Waals surface area (Å²) in [5.74, 6) is 0.328. The van der Waals surface area contributed by atoms with Crippen molar-refractivity contribution in [3.63, 3.8) is 0 Å². The molecular formula is C10H21BINO. The van der Waals surface area contributed by atoms with Gasteiger partial charge in [-0.2, -0.15) is 0 Å². The Bertz CT molecular complexity index is 155. The molecule has 0 aliphatic rings. The molecule has 0 aliphatic heterocycles. The Balaban J connectivity index is 3.67. The van der Waals surface area contributed by atoms with Gasteiger partial charge in [0.15, 0.2) is 0 Å². The lowest BCUT2D eigenvalue weighted by molar-refractivity contribution is -0.115. The molecule has 0 amide bonds. The van der Waals surface area contributed by atoms with Gasteiger partial charge in [-0.05, 0) is 32.9 Å². The third-order valence-corrected chi connectivity index (χ3v) is 3.21. The number of rotatable bonds is 9. The molecular weight excluding hydrogens is 288 g/mol. The minimum atomic E-state index is 0.328. The second kappa shape index (κ2) is 9.96. The van der Waals surface area contributed by atoms with E-state index in [1.54, 1.807) is 0 Å². The van der Waals surface area contributed by atoms with Crippen LogP contribution in [-0.4, -0.2) is 24.4 Å². The number of unbranched alkanes of at least 4 members (excludes halogenated alkanes) is 1. The Morgan fingerprint density at radius 2 is 2.14 bits per heavy atom. The quantitative estimate of drug-likeness (QED) is 0.401. The second-order valence-electron chi connectivity index (χ2n) is 3.68. The third-order valence-electron chi connectivity index (χ3n) is 2.45. The minimum absolute atomic E-state index is 0.328. The second-order valence-corrected chi connectivity index (χ2v) is 4.45. The van der Waals surface area contributed by atoms with E-state index in [0.29, 0.717) is 16.7 Å². The summed E-state index contributed by atoms with van der Waals surface area (Å²) < 4.78 is 0. The number of carbonyl (C=O) groups excluding carboxylic acids is 1. The van der Waals surface area contributed by atoms with Crippen molar-refractivity contribution in [2.75, 3.05) is 13.6 Å². The zero-order chi connectivity index (χ0) is 10.8. The van der Waals surface area contributed by atoms with E-state index in [0.717, 1.165) is 25.8 Å². The molecule has 0 saturated carbocycles. The van der Waals surface area contributed by atoms with Crippen molar-refractivity contribution in [3.8, 4) is 0 Å². The van der Waals surface area contributed by atoms with E-state index in [-0.39, 0.29) is 0 Å². The number of nitrogens with one attached hydrogen (secondary N) is 1. The van der Waals surface area contributed by atoms with Crippen LogP contribution in [0.2, 0.25) is 0 Å². The highest BCUT2D eigenvalue weighted by Crippen LogP contribution is 2.16. The normalized spacial score (nSPS) is 12.5. The predicted molar refractivity (Wildman–Crippen MR) is 72.4 cm³/mol. The van der Waals surface area contributed by atoms with Crippen molar-refractivity contribution in [2.45, 2.75) is 39.0 Å². The van der Waals surface area contributed by atoms with Gasteiger partial charge in [-0.3, -0.25) is 0 Å². The molecule has 0 saturated heterocycles. The SMILES string of the molecule is CCC[C@@H](CCCCNC)C(=O)BI. The molecule has 0 aromatic carbocycles. The smallest absolute Gasteiger partial charge is 0.279 e. The van der Waals surface area contributed by atoms with E-state index in [2.05, 4.69) is 34.6 Å². The maximum atomic E-state index is 11.5. The zero-order valence-electron chi connectivity index (χ0n) is 9.31. The van der Waals surface area contributed by atoms with Crippen molar-refractivity contribution in [2.24, 2.45) is 5.92 Å². The fraction of sp³-hybridized carbons (Fsp3) is 0.900. The third kappa shape index (κ3) is 6.82. The largest absolute Gasteiger partial charge is 0.320 e. The Hall–Kier alpha value is 0.425. The number of carbonyl (C=O) groups is 1. The monoisotopic (exact) mass is 309 g/mol. The summed E-state index contributed by atoms with van der Waals surface area (Å²) in [7, 11) is 1.97. The van der Waals surface area contributed by atoms with Crippen LogP contribution in [0.4, 0.5) is 0 Å². The van der Waals surface area contributed by atoms with Crippen molar-refractivity contribution in [1.29, 1.82) is 0 Å². The molecule has 0 aromatic rings. The van der Waals surface area contributed by atoms with Gasteiger partial charge in [-0.15, -0.1) is 22.4 Å². The van der Waals surface area contributed by atoms with Crippen molar-refractivity contribution < 1.29 is 4.79 Å². The van der Waals surface area contributed by atoms with Gasteiger partial charge in [0.2, 0.25) is 0 Å². The summed E-state index contributed by atoms with van der Waals surface area (Å²) >= 11 is 2.17. The van der Waals surface area contributed by atoms with E-state index >= 15 is 0 Å². The molecule has 14 heavy (non-hydrogen) atoms. The summed E-state index contributed by atoms with van der Waals surface area (Å²) in [4.78, 5) is 11.5. The van der Waals surface area contributed by atoms with Crippen LogP contribution in [0.1, 0.15) is 39.0 Å². The maximum absolute atomic E-state index is 11.5. The molecule has 0 rings (SSSR count). The van der Waals surface area contributed by atoms with Crippen LogP contribution in [0.25, 0.3) is 0 Å². The molecule has 0 aliphatic carbocycles. The summed E-state index contributed by atoms with van der Waals surface area (Å²) in [6.45, 7) is 3.22. The predicted octanol–water partition coefficient (Wildman–Crippen LogP) is 2.11. The van der Waals surface area contributed by atoms with E-state index in [4.69, 9.17) is 0 Å². The molecule has 0 bridgehead atoms. The molecule has 0 spiro atoms. The van der Waals surface area contributed by atoms with E-state index in [1.807, 2.05) is 7.05 Å². The molecule has 0 unspecified atom stereocenters. The number of hydrogen-bond donors (Lipinski definition) is 1. The minimum Gasteiger partial charge on any atom is -0.320 e. The van der Waals surface area contributed by atoms with Crippen LogP contribution in [0.3, 0.4) is 0 Å². The van der Waals surface area contributed by atoms with Crippen LogP contribution >= 0.6 is 22.4 Å². The van der Waals surface area contributed by atoms with Crippen molar-refractivity contribution in [1.82, 2.24) is 5.32 Å². The highest BCUT2D eigenvalue weighted by molar-refractivity contribution is 14.1. The van der Waals surface area contributed by atoms with Gasteiger partial charge >= 0.3 is 0 Å². The van der Waals surface area contributed by atoms with E-state index < -0.39 is 0 Å².